The molecule has 0 aliphatic carbocycles. The van der Waals surface area contributed by atoms with Crippen molar-refractivity contribution >= 4 is 82.5 Å². The van der Waals surface area contributed by atoms with E-state index < -0.39 is 0 Å². The van der Waals surface area contributed by atoms with Gasteiger partial charge < -0.3 is 13.7 Å². The van der Waals surface area contributed by atoms with Crippen LogP contribution >= 0.6 is 0 Å². The number of para-hydroxylation sites is 2. The van der Waals surface area contributed by atoms with Crippen molar-refractivity contribution in [1.82, 2.24) is 0 Å². The lowest BCUT2D eigenvalue weighted by molar-refractivity contribution is 0.670. The van der Waals surface area contributed by atoms with Gasteiger partial charge in [-0.25, -0.2) is 0 Å². The maximum Gasteiger partial charge on any atom is 0.145 e. The van der Waals surface area contributed by atoms with E-state index in [1.54, 1.807) is 0 Å². The van der Waals surface area contributed by atoms with Crippen LogP contribution in [0, 0.1) is 0 Å². The molecule has 0 unspecified atom stereocenters. The van der Waals surface area contributed by atoms with E-state index in [4.69, 9.17) is 8.83 Å². The fraction of sp³-hybridized carbons (Fsp3) is 0. The first-order chi connectivity index (χ1) is 29.3. The molecule has 2 aromatic heterocycles. The van der Waals surface area contributed by atoms with Crippen LogP contribution in [0.2, 0.25) is 0 Å². The number of rotatable bonds is 6. The summed E-state index contributed by atoms with van der Waals surface area (Å²) in [6, 6.07) is 75.5. The van der Waals surface area contributed by atoms with Gasteiger partial charge in [-0.05, 0) is 74.8 Å². The zero-order valence-electron chi connectivity index (χ0n) is 32.0. The molecule has 0 bridgehead atoms. The molecule has 0 atom stereocenters. The van der Waals surface area contributed by atoms with E-state index in [0.29, 0.717) is 0 Å². The van der Waals surface area contributed by atoms with Crippen LogP contribution in [-0.2, 0) is 0 Å². The smallest absolute Gasteiger partial charge is 0.145 e. The molecule has 0 fully saturated rings. The first kappa shape index (κ1) is 33.3. The predicted molar refractivity (Wildman–Crippen MR) is 247 cm³/mol. The van der Waals surface area contributed by atoms with Gasteiger partial charge in [-0.15, -0.1) is 0 Å². The molecule has 0 aliphatic heterocycles. The minimum Gasteiger partial charge on any atom is -0.455 e. The molecule has 2 heterocycles. The number of benzene rings is 10. The van der Waals surface area contributed by atoms with Crippen LogP contribution < -0.4 is 4.90 Å². The Morgan fingerprint density at radius 2 is 0.915 bits per heavy atom. The summed E-state index contributed by atoms with van der Waals surface area (Å²) in [5.74, 6) is 0. The minimum atomic E-state index is 0.833. The van der Waals surface area contributed by atoms with E-state index in [2.05, 4.69) is 205 Å². The molecule has 0 spiro atoms. The fourth-order valence-corrected chi connectivity index (χ4v) is 9.10. The Balaban J connectivity index is 1.12. The van der Waals surface area contributed by atoms with Crippen LogP contribution in [0.25, 0.3) is 98.8 Å². The molecule has 59 heavy (non-hydrogen) atoms. The van der Waals surface area contributed by atoms with Crippen LogP contribution in [0.1, 0.15) is 0 Å². The van der Waals surface area contributed by atoms with Gasteiger partial charge in [0.2, 0.25) is 0 Å². The van der Waals surface area contributed by atoms with E-state index in [9.17, 15) is 0 Å². The summed E-state index contributed by atoms with van der Waals surface area (Å²) < 4.78 is 13.7. The molecule has 0 radical (unpaired) electrons. The number of fused-ring (bicyclic) bond motifs is 9. The first-order valence-electron chi connectivity index (χ1n) is 20.1. The van der Waals surface area contributed by atoms with Crippen LogP contribution in [0.3, 0.4) is 0 Å². The number of furan rings is 2. The lowest BCUT2D eigenvalue weighted by atomic mass is 9.96. The van der Waals surface area contributed by atoms with Gasteiger partial charge in [0.05, 0.1) is 16.8 Å². The third-order valence-corrected chi connectivity index (χ3v) is 11.9. The van der Waals surface area contributed by atoms with Gasteiger partial charge in [-0.3, -0.25) is 0 Å². The highest BCUT2D eigenvalue weighted by Gasteiger charge is 2.25. The minimum absolute atomic E-state index is 0.833. The van der Waals surface area contributed by atoms with Crippen LogP contribution in [0.4, 0.5) is 17.1 Å². The molecule has 0 aliphatic rings. The standard InChI is InChI=1S/C56H35NO2/c1-3-13-36(14-4-1)37-25-27-40(28-26-37)44-33-34-51(54-49-19-9-10-24-52(49)58-56(44)54)57(50-23-12-21-45-42-18-8-7-17-39(42)29-31-46(45)50)41-30-32-47-48-22-11-20-43(38-15-5-2-6-16-38)55(48)59-53(47)35-41/h1-35H. The van der Waals surface area contributed by atoms with Crippen molar-refractivity contribution in [2.24, 2.45) is 0 Å². The Hall–Kier alpha value is -7.88. The van der Waals surface area contributed by atoms with Crippen molar-refractivity contribution in [2.75, 3.05) is 4.90 Å². The average molecular weight is 754 g/mol. The van der Waals surface area contributed by atoms with Crippen LogP contribution in [0.15, 0.2) is 221 Å². The van der Waals surface area contributed by atoms with Crippen molar-refractivity contribution in [3.63, 3.8) is 0 Å². The third kappa shape index (κ3) is 5.36. The highest BCUT2D eigenvalue weighted by Crippen LogP contribution is 2.49. The molecule has 0 saturated heterocycles. The lowest BCUT2D eigenvalue weighted by Gasteiger charge is -2.28. The summed E-state index contributed by atoms with van der Waals surface area (Å²) in [5.41, 5.74) is 13.2. The topological polar surface area (TPSA) is 29.5 Å². The van der Waals surface area contributed by atoms with Crippen molar-refractivity contribution < 1.29 is 8.83 Å². The molecule has 0 amide bonds. The van der Waals surface area contributed by atoms with E-state index in [1.807, 2.05) is 12.1 Å². The van der Waals surface area contributed by atoms with Gasteiger partial charge in [0, 0.05) is 44.4 Å². The normalized spacial score (nSPS) is 11.7. The van der Waals surface area contributed by atoms with E-state index >= 15 is 0 Å². The van der Waals surface area contributed by atoms with Crippen molar-refractivity contribution in [1.29, 1.82) is 0 Å². The zero-order chi connectivity index (χ0) is 38.9. The number of anilines is 3. The molecule has 10 aromatic carbocycles. The zero-order valence-corrected chi connectivity index (χ0v) is 32.0. The number of hydrogen-bond donors (Lipinski definition) is 0. The molecular formula is C56H35NO2. The largest absolute Gasteiger partial charge is 0.455 e. The molecule has 12 aromatic rings. The first-order valence-corrected chi connectivity index (χ1v) is 20.1. The van der Waals surface area contributed by atoms with Crippen molar-refractivity contribution in [2.45, 2.75) is 0 Å². The highest BCUT2D eigenvalue weighted by atomic mass is 16.3. The molecular weight excluding hydrogens is 719 g/mol. The number of hydrogen-bond acceptors (Lipinski definition) is 3. The molecule has 0 saturated carbocycles. The summed E-state index contributed by atoms with van der Waals surface area (Å²) in [7, 11) is 0. The van der Waals surface area contributed by atoms with Crippen molar-refractivity contribution in [3.8, 4) is 33.4 Å². The average Bonchev–Trinajstić information content (AvgIpc) is 3.89. The Kier molecular flexibility index (Phi) is 7.54. The van der Waals surface area contributed by atoms with Gasteiger partial charge in [-0.2, -0.15) is 0 Å². The number of nitrogens with zero attached hydrogens (tertiary/aromatic N) is 1. The quantitative estimate of drug-likeness (QED) is 0.158. The molecule has 0 N–H and O–H groups in total. The van der Waals surface area contributed by atoms with Gasteiger partial charge in [0.25, 0.3) is 0 Å². The second kappa shape index (κ2) is 13.4. The molecule has 12 rings (SSSR count). The molecule has 3 nitrogen and oxygen atoms in total. The Labute approximate surface area is 340 Å². The Bertz CT molecular complexity index is 3540. The second-order valence-corrected chi connectivity index (χ2v) is 15.2. The van der Waals surface area contributed by atoms with Crippen LogP contribution in [0.5, 0.6) is 0 Å². The van der Waals surface area contributed by atoms with Gasteiger partial charge in [-0.1, -0.05) is 170 Å². The maximum atomic E-state index is 6.88. The summed E-state index contributed by atoms with van der Waals surface area (Å²) in [6.07, 6.45) is 0. The van der Waals surface area contributed by atoms with Gasteiger partial charge in [0.1, 0.15) is 22.3 Å². The fourth-order valence-electron chi connectivity index (χ4n) is 9.10. The monoisotopic (exact) mass is 753 g/mol. The van der Waals surface area contributed by atoms with E-state index in [-0.39, 0.29) is 0 Å². The molecule has 3 heteroatoms. The second-order valence-electron chi connectivity index (χ2n) is 15.2. The summed E-state index contributed by atoms with van der Waals surface area (Å²) in [5, 5.41) is 9.09. The maximum absolute atomic E-state index is 6.88. The van der Waals surface area contributed by atoms with Crippen molar-refractivity contribution in [3.05, 3.63) is 212 Å². The molecule has 276 valence electrons. The summed E-state index contributed by atoms with van der Waals surface area (Å²) in [4.78, 5) is 2.40. The highest BCUT2D eigenvalue weighted by molar-refractivity contribution is 6.20. The predicted octanol–water partition coefficient (Wildman–Crippen LogP) is 16.3. The Morgan fingerprint density at radius 1 is 0.305 bits per heavy atom. The SMILES string of the molecule is c1ccc(-c2ccc(-c3ccc(N(c4ccc5c(c4)oc4c(-c6ccccc6)cccc45)c4cccc5c4ccc4ccccc45)c4c3oc3ccccc34)cc2)cc1. The lowest BCUT2D eigenvalue weighted by Crippen LogP contribution is -2.11. The van der Waals surface area contributed by atoms with Gasteiger partial charge in [0.15, 0.2) is 0 Å². The summed E-state index contributed by atoms with van der Waals surface area (Å²) >= 11 is 0. The third-order valence-electron chi connectivity index (χ3n) is 11.9. The Morgan fingerprint density at radius 3 is 1.76 bits per heavy atom. The van der Waals surface area contributed by atoms with E-state index in [0.717, 1.165) is 88.6 Å². The van der Waals surface area contributed by atoms with Gasteiger partial charge >= 0.3 is 0 Å². The summed E-state index contributed by atoms with van der Waals surface area (Å²) in [6.45, 7) is 0. The van der Waals surface area contributed by atoms with Crippen LogP contribution in [-0.4, -0.2) is 0 Å². The van der Waals surface area contributed by atoms with E-state index in [1.165, 1.54) is 27.3 Å².